The second-order valence-corrected chi connectivity index (χ2v) is 5.00. The number of amides is 1. The number of nitrogens with two attached hydrogens (primary N) is 1. The number of hydrogen-bond donors (Lipinski definition) is 3. The van der Waals surface area contributed by atoms with Gasteiger partial charge in [-0.1, -0.05) is 0 Å². The average molecular weight is 264 g/mol. The summed E-state index contributed by atoms with van der Waals surface area (Å²) in [7, 11) is 0. The molecular formula is C12H16N4O3. The molecule has 1 aliphatic rings. The number of nitrogen functional groups attached to an aromatic ring is 1. The lowest BCUT2D eigenvalue weighted by atomic mass is 9.78. The van der Waals surface area contributed by atoms with Gasteiger partial charge in [0.2, 0.25) is 0 Å². The van der Waals surface area contributed by atoms with Crippen molar-refractivity contribution < 1.29 is 9.72 Å². The number of benzene rings is 1. The molecule has 4 N–H and O–H groups in total. The summed E-state index contributed by atoms with van der Waals surface area (Å²) >= 11 is 0. The highest BCUT2D eigenvalue weighted by molar-refractivity contribution is 5.96. The van der Waals surface area contributed by atoms with E-state index in [-0.39, 0.29) is 22.8 Å². The fraction of sp³-hybridized carbons (Fsp3) is 0.417. The Hall–Kier alpha value is -2.15. The van der Waals surface area contributed by atoms with Crippen molar-refractivity contribution in [3.63, 3.8) is 0 Å². The normalized spacial score (nSPS) is 16.3. The quantitative estimate of drug-likeness (QED) is 0.434. The van der Waals surface area contributed by atoms with E-state index >= 15 is 0 Å². The van der Waals surface area contributed by atoms with Gasteiger partial charge in [-0.2, -0.15) is 0 Å². The summed E-state index contributed by atoms with van der Waals surface area (Å²) < 4.78 is 0. The summed E-state index contributed by atoms with van der Waals surface area (Å²) in [6, 6.07) is 4.08. The molecule has 0 aliphatic heterocycles. The number of nitro groups is 1. The summed E-state index contributed by atoms with van der Waals surface area (Å²) in [6.45, 7) is 1.99. The summed E-state index contributed by atoms with van der Waals surface area (Å²) in [4.78, 5) is 22.3. The van der Waals surface area contributed by atoms with E-state index in [0.29, 0.717) is 5.56 Å². The topological polar surface area (TPSA) is 110 Å². The molecule has 1 fully saturated rings. The zero-order chi connectivity index (χ0) is 14.0. The van der Waals surface area contributed by atoms with Crippen LogP contribution in [0.25, 0.3) is 0 Å². The van der Waals surface area contributed by atoms with Crippen LogP contribution in [0.3, 0.4) is 0 Å². The van der Waals surface area contributed by atoms with Gasteiger partial charge in [-0.15, -0.1) is 0 Å². The number of hydrazine groups is 1. The molecule has 1 aliphatic carbocycles. The minimum absolute atomic E-state index is 0.122. The van der Waals surface area contributed by atoms with Gasteiger partial charge in [0.1, 0.15) is 5.69 Å². The van der Waals surface area contributed by atoms with Crippen molar-refractivity contribution in [1.82, 2.24) is 5.32 Å². The molecule has 1 aromatic carbocycles. The highest BCUT2D eigenvalue weighted by Crippen LogP contribution is 2.31. The van der Waals surface area contributed by atoms with Gasteiger partial charge in [-0.05, 0) is 38.3 Å². The third kappa shape index (κ3) is 2.65. The Bertz CT molecular complexity index is 526. The maximum atomic E-state index is 12.1. The number of rotatable bonds is 4. The largest absolute Gasteiger partial charge is 0.347 e. The first-order chi connectivity index (χ1) is 8.95. The molecule has 7 nitrogen and oxygen atoms in total. The van der Waals surface area contributed by atoms with Crippen molar-refractivity contribution in [2.75, 3.05) is 5.43 Å². The van der Waals surface area contributed by atoms with Crippen molar-refractivity contribution in [1.29, 1.82) is 0 Å². The molecule has 0 radical (unpaired) electrons. The van der Waals surface area contributed by atoms with Crippen LogP contribution in [0.2, 0.25) is 0 Å². The van der Waals surface area contributed by atoms with Crippen LogP contribution in [0.4, 0.5) is 11.4 Å². The molecule has 2 rings (SSSR count). The molecule has 19 heavy (non-hydrogen) atoms. The van der Waals surface area contributed by atoms with Gasteiger partial charge in [-0.25, -0.2) is 0 Å². The van der Waals surface area contributed by atoms with E-state index in [2.05, 4.69) is 10.7 Å². The Balaban J connectivity index is 2.20. The molecule has 0 saturated heterocycles. The molecule has 7 heteroatoms. The minimum Gasteiger partial charge on any atom is -0.347 e. The number of nitro benzene ring substituents is 1. The number of nitrogens with one attached hydrogen (secondary N) is 2. The predicted octanol–water partition coefficient (Wildman–Crippen LogP) is 1.55. The monoisotopic (exact) mass is 264 g/mol. The van der Waals surface area contributed by atoms with Crippen molar-refractivity contribution in [3.8, 4) is 0 Å². The van der Waals surface area contributed by atoms with E-state index in [1.807, 2.05) is 6.92 Å². The molecule has 0 heterocycles. The van der Waals surface area contributed by atoms with Crippen molar-refractivity contribution in [2.45, 2.75) is 31.7 Å². The summed E-state index contributed by atoms with van der Waals surface area (Å²) in [5.74, 6) is 4.99. The maximum Gasteiger partial charge on any atom is 0.293 e. The Kier molecular flexibility index (Phi) is 3.39. The molecule has 102 valence electrons. The third-order valence-electron chi connectivity index (χ3n) is 3.48. The van der Waals surface area contributed by atoms with Gasteiger partial charge in [-0.3, -0.25) is 20.8 Å². The van der Waals surface area contributed by atoms with E-state index in [1.54, 1.807) is 0 Å². The third-order valence-corrected chi connectivity index (χ3v) is 3.48. The first-order valence-corrected chi connectivity index (χ1v) is 6.03. The number of nitrogens with zero attached hydrogens (tertiary/aromatic N) is 1. The lowest BCUT2D eigenvalue weighted by Gasteiger charge is -2.39. The highest BCUT2D eigenvalue weighted by atomic mass is 16.6. The van der Waals surface area contributed by atoms with Gasteiger partial charge >= 0.3 is 0 Å². The van der Waals surface area contributed by atoms with Crippen LogP contribution in [0.15, 0.2) is 18.2 Å². The summed E-state index contributed by atoms with van der Waals surface area (Å²) in [5.41, 5.74) is 2.40. The zero-order valence-corrected chi connectivity index (χ0v) is 10.6. The van der Waals surface area contributed by atoms with E-state index in [1.165, 1.54) is 18.2 Å². The molecular weight excluding hydrogens is 248 g/mol. The fourth-order valence-corrected chi connectivity index (χ4v) is 2.13. The molecule has 0 spiro atoms. The van der Waals surface area contributed by atoms with E-state index in [9.17, 15) is 14.9 Å². The predicted molar refractivity (Wildman–Crippen MR) is 70.6 cm³/mol. The SMILES string of the molecule is CC1(NC(=O)c2ccc([N+](=O)[O-])c(NN)c2)CCC1. The molecule has 1 amide bonds. The highest BCUT2D eigenvalue weighted by Gasteiger charge is 2.33. The van der Waals surface area contributed by atoms with Gasteiger partial charge in [0.25, 0.3) is 11.6 Å². The fourth-order valence-electron chi connectivity index (χ4n) is 2.13. The molecule has 0 unspecified atom stereocenters. The maximum absolute atomic E-state index is 12.1. The van der Waals surface area contributed by atoms with Crippen LogP contribution < -0.4 is 16.6 Å². The van der Waals surface area contributed by atoms with Crippen molar-refractivity contribution in [2.24, 2.45) is 5.84 Å². The van der Waals surface area contributed by atoms with Crippen LogP contribution in [-0.4, -0.2) is 16.4 Å². The second kappa shape index (κ2) is 4.85. The van der Waals surface area contributed by atoms with Crippen molar-refractivity contribution >= 4 is 17.3 Å². The van der Waals surface area contributed by atoms with E-state index in [4.69, 9.17) is 5.84 Å². The minimum atomic E-state index is -0.551. The number of carbonyl (C=O) groups is 1. The lowest BCUT2D eigenvalue weighted by molar-refractivity contribution is -0.384. The number of carbonyl (C=O) groups excluding carboxylic acids is 1. The van der Waals surface area contributed by atoms with Crippen LogP contribution in [-0.2, 0) is 0 Å². The van der Waals surface area contributed by atoms with Crippen LogP contribution >= 0.6 is 0 Å². The van der Waals surface area contributed by atoms with Crippen LogP contribution in [0.1, 0.15) is 36.5 Å². The van der Waals surface area contributed by atoms with Crippen LogP contribution in [0, 0.1) is 10.1 Å². The van der Waals surface area contributed by atoms with E-state index in [0.717, 1.165) is 19.3 Å². The van der Waals surface area contributed by atoms with Crippen molar-refractivity contribution in [3.05, 3.63) is 33.9 Å². The standard InChI is InChI=1S/C12H16N4O3/c1-12(5-2-6-12)14-11(17)8-3-4-10(16(18)19)9(7-8)15-13/h3-4,7,15H,2,5-6,13H2,1H3,(H,14,17). The molecule has 1 aromatic rings. The first kappa shape index (κ1) is 13.3. The zero-order valence-electron chi connectivity index (χ0n) is 10.6. The van der Waals surface area contributed by atoms with Crippen LogP contribution in [0.5, 0.6) is 0 Å². The van der Waals surface area contributed by atoms with Gasteiger partial charge < -0.3 is 10.7 Å². The Morgan fingerprint density at radius 3 is 2.63 bits per heavy atom. The Morgan fingerprint density at radius 1 is 1.47 bits per heavy atom. The number of hydrogen-bond acceptors (Lipinski definition) is 5. The lowest BCUT2D eigenvalue weighted by Crippen LogP contribution is -2.50. The van der Waals surface area contributed by atoms with Gasteiger partial charge in [0, 0.05) is 17.2 Å². The first-order valence-electron chi connectivity index (χ1n) is 6.03. The Labute approximate surface area is 110 Å². The molecule has 0 aromatic heterocycles. The molecule has 0 bridgehead atoms. The summed E-state index contributed by atoms with van der Waals surface area (Å²) in [6.07, 6.45) is 3.01. The smallest absolute Gasteiger partial charge is 0.293 e. The van der Waals surface area contributed by atoms with E-state index < -0.39 is 4.92 Å². The van der Waals surface area contributed by atoms with Gasteiger partial charge in [0.05, 0.1) is 4.92 Å². The second-order valence-electron chi connectivity index (χ2n) is 5.00. The number of anilines is 1. The average Bonchev–Trinajstić information content (AvgIpc) is 2.35. The summed E-state index contributed by atoms with van der Waals surface area (Å²) in [5, 5.41) is 13.7. The molecule has 1 saturated carbocycles. The van der Waals surface area contributed by atoms with Gasteiger partial charge in [0.15, 0.2) is 0 Å². The Morgan fingerprint density at radius 2 is 2.16 bits per heavy atom. The molecule has 0 atom stereocenters.